The fourth-order valence-electron chi connectivity index (χ4n) is 1.97. The lowest BCUT2D eigenvalue weighted by Gasteiger charge is -2.12. The lowest BCUT2D eigenvalue weighted by atomic mass is 10.1. The van der Waals surface area contributed by atoms with Crippen LogP contribution in [0.25, 0.3) is 0 Å². The van der Waals surface area contributed by atoms with Crippen LogP contribution in [-0.2, 0) is 13.8 Å². The Bertz CT molecular complexity index is 554. The van der Waals surface area contributed by atoms with E-state index in [1.165, 1.54) is 25.3 Å². The number of hydrogen-bond donors (Lipinski definition) is 1. The first-order valence-electron chi connectivity index (χ1n) is 7.18. The van der Waals surface area contributed by atoms with Crippen molar-refractivity contribution in [1.29, 1.82) is 0 Å². The van der Waals surface area contributed by atoms with Crippen molar-refractivity contribution in [2.75, 3.05) is 0 Å². The van der Waals surface area contributed by atoms with Crippen molar-refractivity contribution in [3.8, 4) is 0 Å². The average molecular weight is 352 g/mol. The molecular formula is C14H22ClNO3S2. The van der Waals surface area contributed by atoms with E-state index in [1.807, 2.05) is 6.92 Å². The van der Waals surface area contributed by atoms with Crippen LogP contribution in [0, 0.1) is 0 Å². The Hall–Kier alpha value is -0.590. The van der Waals surface area contributed by atoms with Gasteiger partial charge in [-0.25, -0.2) is 8.42 Å². The zero-order valence-electron chi connectivity index (χ0n) is 12.4. The minimum Gasteiger partial charge on any atom is -0.349 e. The Balaban J connectivity index is 2.40. The Morgan fingerprint density at radius 2 is 1.95 bits per heavy atom. The summed E-state index contributed by atoms with van der Waals surface area (Å²) >= 11 is 1.09. The molecule has 0 aromatic carbocycles. The third-order valence-corrected chi connectivity index (χ3v) is 6.51. The molecule has 0 aliphatic carbocycles. The van der Waals surface area contributed by atoms with E-state index in [0.29, 0.717) is 6.42 Å². The van der Waals surface area contributed by atoms with E-state index in [9.17, 15) is 13.2 Å². The van der Waals surface area contributed by atoms with Gasteiger partial charge >= 0.3 is 0 Å². The quantitative estimate of drug-likeness (QED) is 0.535. The smallest absolute Gasteiger partial charge is 0.270 e. The number of carbonyl (C=O) groups excluding carboxylic acids is 1. The van der Waals surface area contributed by atoms with Crippen molar-refractivity contribution >= 4 is 37.0 Å². The predicted molar refractivity (Wildman–Crippen MR) is 87.3 cm³/mol. The minimum absolute atomic E-state index is 0.00248. The summed E-state index contributed by atoms with van der Waals surface area (Å²) in [6.07, 6.45) is 6.05. The molecule has 1 atom stereocenters. The summed E-state index contributed by atoms with van der Waals surface area (Å²) in [5.74, 6) is 0.00248. The molecular weight excluding hydrogens is 330 g/mol. The van der Waals surface area contributed by atoms with Crippen molar-refractivity contribution in [1.82, 2.24) is 5.32 Å². The van der Waals surface area contributed by atoms with E-state index in [2.05, 4.69) is 12.2 Å². The van der Waals surface area contributed by atoms with Crippen LogP contribution in [0.15, 0.2) is 16.3 Å². The summed E-state index contributed by atoms with van der Waals surface area (Å²) in [7, 11) is 1.60. The molecule has 7 heteroatoms. The number of unbranched alkanes of at least 4 members (excludes halogenated alkanes) is 4. The highest BCUT2D eigenvalue weighted by Gasteiger charge is 2.17. The molecule has 4 nitrogen and oxygen atoms in total. The van der Waals surface area contributed by atoms with Crippen LogP contribution in [0.1, 0.15) is 63.3 Å². The molecule has 0 aliphatic rings. The van der Waals surface area contributed by atoms with Gasteiger partial charge < -0.3 is 5.32 Å². The first-order chi connectivity index (χ1) is 9.84. The van der Waals surface area contributed by atoms with Gasteiger partial charge in [-0.1, -0.05) is 32.6 Å². The van der Waals surface area contributed by atoms with Gasteiger partial charge in [0.15, 0.2) is 0 Å². The van der Waals surface area contributed by atoms with Crippen molar-refractivity contribution in [2.45, 2.75) is 62.6 Å². The van der Waals surface area contributed by atoms with Gasteiger partial charge in [-0.2, -0.15) is 0 Å². The fraction of sp³-hybridized carbons (Fsp3) is 0.643. The second-order valence-electron chi connectivity index (χ2n) is 5.05. The molecule has 0 bridgehead atoms. The SMILES string of the molecule is CCCCCCCC(=O)NC(C)c1ccc(S(=O)(=O)Cl)s1. The van der Waals surface area contributed by atoms with E-state index < -0.39 is 9.05 Å². The number of nitrogens with one attached hydrogen (secondary N) is 1. The molecule has 0 aliphatic heterocycles. The van der Waals surface area contributed by atoms with Crippen LogP contribution in [0.2, 0.25) is 0 Å². The van der Waals surface area contributed by atoms with Crippen molar-refractivity contribution in [3.05, 3.63) is 17.0 Å². The molecule has 1 N–H and O–H groups in total. The number of carbonyl (C=O) groups is 1. The van der Waals surface area contributed by atoms with Gasteiger partial charge in [0.1, 0.15) is 4.21 Å². The van der Waals surface area contributed by atoms with Gasteiger partial charge in [-0.05, 0) is 25.5 Å². The maximum absolute atomic E-state index is 11.8. The van der Waals surface area contributed by atoms with Crippen LogP contribution in [0.5, 0.6) is 0 Å². The summed E-state index contributed by atoms with van der Waals surface area (Å²) in [5.41, 5.74) is 0. The van der Waals surface area contributed by atoms with Crippen LogP contribution >= 0.6 is 22.0 Å². The molecule has 0 radical (unpaired) electrons. The summed E-state index contributed by atoms with van der Waals surface area (Å²) in [5, 5.41) is 2.89. The third-order valence-electron chi connectivity index (χ3n) is 3.15. The monoisotopic (exact) mass is 351 g/mol. The second kappa shape index (κ2) is 8.76. The highest BCUT2D eigenvalue weighted by Crippen LogP contribution is 2.28. The molecule has 1 aromatic heterocycles. The normalized spacial score (nSPS) is 13.1. The standard InChI is InChI=1S/C14H22ClNO3S2/c1-3-4-5-6-7-8-13(17)16-11(2)12-9-10-14(20-12)21(15,18)19/h9-11H,3-8H2,1-2H3,(H,16,17). The largest absolute Gasteiger partial charge is 0.349 e. The molecule has 1 rings (SSSR count). The molecule has 1 amide bonds. The molecule has 1 unspecified atom stereocenters. The van der Waals surface area contributed by atoms with Crippen LogP contribution in [0.3, 0.4) is 0 Å². The summed E-state index contributed by atoms with van der Waals surface area (Å²) in [6.45, 7) is 4.00. The van der Waals surface area contributed by atoms with E-state index in [0.717, 1.165) is 29.1 Å². The summed E-state index contributed by atoms with van der Waals surface area (Å²) in [4.78, 5) is 12.6. The van der Waals surface area contributed by atoms with Crippen molar-refractivity contribution in [3.63, 3.8) is 0 Å². The molecule has 1 heterocycles. The van der Waals surface area contributed by atoms with Gasteiger partial charge in [-0.15, -0.1) is 11.3 Å². The van der Waals surface area contributed by atoms with Gasteiger partial charge in [0.25, 0.3) is 9.05 Å². The molecule has 0 saturated carbocycles. The molecule has 1 aromatic rings. The number of thiophene rings is 1. The van der Waals surface area contributed by atoms with Crippen molar-refractivity contribution < 1.29 is 13.2 Å². The Morgan fingerprint density at radius 3 is 2.52 bits per heavy atom. The third kappa shape index (κ3) is 6.80. The highest BCUT2D eigenvalue weighted by molar-refractivity contribution is 8.15. The topological polar surface area (TPSA) is 63.2 Å². The molecule has 0 spiro atoms. The zero-order valence-corrected chi connectivity index (χ0v) is 14.8. The first kappa shape index (κ1) is 18.5. The number of halogens is 1. The average Bonchev–Trinajstić information content (AvgIpc) is 2.88. The summed E-state index contributed by atoms with van der Waals surface area (Å²) in [6, 6.07) is 2.95. The first-order valence-corrected chi connectivity index (χ1v) is 10.3. The predicted octanol–water partition coefficient (Wildman–Crippen LogP) is 4.21. The van der Waals surface area contributed by atoms with Gasteiger partial charge in [0, 0.05) is 22.0 Å². The van der Waals surface area contributed by atoms with E-state index in [4.69, 9.17) is 10.7 Å². The van der Waals surface area contributed by atoms with Gasteiger partial charge in [0.05, 0.1) is 6.04 Å². The molecule has 0 fully saturated rings. The Kier molecular flexibility index (Phi) is 7.70. The molecule has 0 saturated heterocycles. The van der Waals surface area contributed by atoms with Gasteiger partial charge in [-0.3, -0.25) is 4.79 Å². The van der Waals surface area contributed by atoms with E-state index >= 15 is 0 Å². The Labute approximate surface area is 135 Å². The maximum Gasteiger partial charge on any atom is 0.270 e. The lowest BCUT2D eigenvalue weighted by molar-refractivity contribution is -0.121. The van der Waals surface area contributed by atoms with E-state index in [-0.39, 0.29) is 16.2 Å². The van der Waals surface area contributed by atoms with Crippen LogP contribution in [-0.4, -0.2) is 14.3 Å². The maximum atomic E-state index is 11.8. The molecule has 21 heavy (non-hydrogen) atoms. The molecule has 120 valence electrons. The zero-order chi connectivity index (χ0) is 15.9. The number of amides is 1. The van der Waals surface area contributed by atoms with Crippen molar-refractivity contribution in [2.24, 2.45) is 0 Å². The fourth-order valence-corrected chi connectivity index (χ4v) is 4.07. The lowest BCUT2D eigenvalue weighted by Crippen LogP contribution is -2.25. The van der Waals surface area contributed by atoms with E-state index in [1.54, 1.807) is 6.07 Å². The number of rotatable bonds is 9. The van der Waals surface area contributed by atoms with Gasteiger partial charge in [0.2, 0.25) is 5.91 Å². The highest BCUT2D eigenvalue weighted by atomic mass is 35.7. The van der Waals surface area contributed by atoms with Crippen LogP contribution in [0.4, 0.5) is 0 Å². The Morgan fingerprint density at radius 1 is 1.29 bits per heavy atom. The minimum atomic E-state index is -3.69. The second-order valence-corrected chi connectivity index (χ2v) is 8.96. The number of hydrogen-bond acceptors (Lipinski definition) is 4. The van der Waals surface area contributed by atoms with Crippen LogP contribution < -0.4 is 5.32 Å². The summed E-state index contributed by atoms with van der Waals surface area (Å²) < 4.78 is 22.5.